The van der Waals surface area contributed by atoms with Crippen LogP contribution in [0.5, 0.6) is 0 Å². The van der Waals surface area contributed by atoms with Crippen LogP contribution in [0.4, 0.5) is 0 Å². The smallest absolute Gasteiger partial charge is 0.198 e. The highest BCUT2D eigenvalue weighted by Crippen LogP contribution is 2.30. The molecule has 0 aliphatic rings. The van der Waals surface area contributed by atoms with E-state index in [-0.39, 0.29) is 29.6 Å². The Morgan fingerprint density at radius 2 is 1.70 bits per heavy atom. The Bertz CT molecular complexity index is 708. The quantitative estimate of drug-likeness (QED) is 0.465. The van der Waals surface area contributed by atoms with E-state index in [0.717, 1.165) is 0 Å². The molecule has 0 aromatic heterocycles. The number of benzene rings is 1. The minimum Gasteiger partial charge on any atom is -0.389 e. The lowest BCUT2D eigenvalue weighted by Gasteiger charge is -2.31. The van der Waals surface area contributed by atoms with E-state index in [2.05, 4.69) is 0 Å². The van der Waals surface area contributed by atoms with Crippen molar-refractivity contribution in [2.45, 2.75) is 57.5 Å². The summed E-state index contributed by atoms with van der Waals surface area (Å²) in [6, 6.07) is 8.39. The molecule has 0 radical (unpaired) electrons. The fourth-order valence-electron chi connectivity index (χ4n) is 3.07. The Morgan fingerprint density at radius 3 is 2.15 bits per heavy atom. The molecule has 1 rings (SSSR count). The highest BCUT2D eigenvalue weighted by molar-refractivity contribution is 7.97. The average Bonchev–Trinajstić information content (AvgIpc) is 2.58. The van der Waals surface area contributed by atoms with E-state index in [1.807, 2.05) is 40.4 Å². The highest BCUT2D eigenvalue weighted by Gasteiger charge is 2.35. The zero-order valence-corrected chi connectivity index (χ0v) is 19.3. The third kappa shape index (κ3) is 6.53. The van der Waals surface area contributed by atoms with Gasteiger partial charge in [-0.25, -0.2) is 8.42 Å². The van der Waals surface area contributed by atoms with E-state index in [1.165, 1.54) is 6.08 Å². The van der Waals surface area contributed by atoms with Crippen LogP contribution in [-0.4, -0.2) is 47.7 Å². The van der Waals surface area contributed by atoms with Crippen molar-refractivity contribution in [3.63, 3.8) is 0 Å². The van der Waals surface area contributed by atoms with E-state index >= 15 is 0 Å². The first-order valence-corrected chi connectivity index (χ1v) is 14.2. The van der Waals surface area contributed by atoms with Crippen LogP contribution in [0.25, 0.3) is 0 Å². The third-order valence-electron chi connectivity index (χ3n) is 4.50. The molecule has 7 heteroatoms. The number of rotatable bonds is 10. The molecule has 154 valence electrons. The first kappa shape index (κ1) is 24.0. The Morgan fingerprint density at radius 1 is 1.15 bits per heavy atom. The van der Waals surface area contributed by atoms with Crippen molar-refractivity contribution in [3.05, 3.63) is 40.9 Å². The largest absolute Gasteiger partial charge is 0.389 e. The number of aliphatic hydroxyl groups is 1. The number of methoxy groups -OCH3 is 1. The molecule has 5 nitrogen and oxygen atoms in total. The Labute approximate surface area is 165 Å². The van der Waals surface area contributed by atoms with Crippen LogP contribution >= 0.6 is 0 Å². The van der Waals surface area contributed by atoms with E-state index in [0.29, 0.717) is 4.53 Å². The summed E-state index contributed by atoms with van der Waals surface area (Å²) in [6.45, 7) is 11.9. The van der Waals surface area contributed by atoms with Crippen LogP contribution in [0.15, 0.2) is 45.8 Å². The maximum absolute atomic E-state index is 13.2. The SMILES string of the molecule is COCO[C@@H](C(C)C)[C@@H](C)[C@@H](O)/C=C(\[Si](C)(C)C)S(=O)(=O)c1ccccc1. The number of hydrogen-bond acceptors (Lipinski definition) is 5. The summed E-state index contributed by atoms with van der Waals surface area (Å²) in [5.74, 6) is -0.128. The Balaban J connectivity index is 3.29. The predicted molar refractivity (Wildman–Crippen MR) is 112 cm³/mol. The lowest BCUT2D eigenvalue weighted by Crippen LogP contribution is -2.37. The molecule has 0 spiro atoms. The molecule has 1 aromatic carbocycles. The van der Waals surface area contributed by atoms with Crippen LogP contribution < -0.4 is 0 Å². The summed E-state index contributed by atoms with van der Waals surface area (Å²) >= 11 is 0. The van der Waals surface area contributed by atoms with Gasteiger partial charge in [0.25, 0.3) is 0 Å². The average molecular weight is 415 g/mol. The van der Waals surface area contributed by atoms with Gasteiger partial charge in [-0.1, -0.05) is 58.6 Å². The molecule has 27 heavy (non-hydrogen) atoms. The second kappa shape index (κ2) is 9.98. The van der Waals surface area contributed by atoms with Gasteiger partial charge in [-0.3, -0.25) is 0 Å². The molecule has 3 atom stereocenters. The van der Waals surface area contributed by atoms with Gasteiger partial charge < -0.3 is 14.6 Å². The summed E-state index contributed by atoms with van der Waals surface area (Å²) in [5, 5.41) is 10.8. The van der Waals surface area contributed by atoms with Gasteiger partial charge >= 0.3 is 0 Å². The van der Waals surface area contributed by atoms with Gasteiger partial charge in [0.2, 0.25) is 0 Å². The van der Waals surface area contributed by atoms with Crippen molar-refractivity contribution in [2.24, 2.45) is 11.8 Å². The van der Waals surface area contributed by atoms with Crippen LogP contribution in [0, 0.1) is 11.8 Å². The molecule has 0 fully saturated rings. The third-order valence-corrected chi connectivity index (χ3v) is 10.4. The fourth-order valence-corrected chi connectivity index (χ4v) is 8.41. The highest BCUT2D eigenvalue weighted by atomic mass is 32.2. The van der Waals surface area contributed by atoms with Crippen molar-refractivity contribution in [1.82, 2.24) is 0 Å². The second-order valence-electron chi connectivity index (χ2n) is 8.23. The first-order chi connectivity index (χ1) is 12.4. The van der Waals surface area contributed by atoms with Crippen molar-refractivity contribution in [3.8, 4) is 0 Å². The maximum Gasteiger partial charge on any atom is 0.198 e. The molecular formula is C20H34O5SSi. The standard InChI is InChI=1S/C20H34O5SSi/c1-15(2)20(25-14-24-4)16(3)18(21)13-19(27(5,6)7)26(22,23)17-11-9-8-10-12-17/h8-13,15-16,18,20-21H,14H2,1-7H3/b19-13-/t16-,18-,20-/m0/s1. The maximum atomic E-state index is 13.2. The van der Waals surface area contributed by atoms with E-state index in [1.54, 1.807) is 37.4 Å². The zero-order chi connectivity index (χ0) is 20.8. The summed E-state index contributed by atoms with van der Waals surface area (Å²) < 4.78 is 37.5. The molecular weight excluding hydrogens is 380 g/mol. The summed E-state index contributed by atoms with van der Waals surface area (Å²) in [4.78, 5) is 0.259. The van der Waals surface area contributed by atoms with Crippen LogP contribution in [0.3, 0.4) is 0 Å². The van der Waals surface area contributed by atoms with Gasteiger partial charge in [-0.2, -0.15) is 0 Å². The Kier molecular flexibility index (Phi) is 8.89. The minimum absolute atomic E-state index is 0.132. The molecule has 0 unspecified atom stereocenters. The molecule has 0 bridgehead atoms. The van der Waals surface area contributed by atoms with Gasteiger partial charge in [0, 0.05) is 17.6 Å². The van der Waals surface area contributed by atoms with Crippen molar-refractivity contribution in [2.75, 3.05) is 13.9 Å². The predicted octanol–water partition coefficient (Wildman–Crippen LogP) is 3.86. The molecule has 0 heterocycles. The molecule has 0 amide bonds. The minimum atomic E-state index is -3.65. The molecule has 1 N–H and O–H groups in total. The summed E-state index contributed by atoms with van der Waals surface area (Å²) in [5.41, 5.74) is 0. The number of ether oxygens (including phenoxy) is 2. The van der Waals surface area contributed by atoms with Gasteiger partial charge in [-0.05, 0) is 24.1 Å². The molecule has 0 saturated carbocycles. The monoisotopic (exact) mass is 414 g/mol. The van der Waals surface area contributed by atoms with E-state index < -0.39 is 24.0 Å². The number of aliphatic hydroxyl groups excluding tert-OH is 1. The van der Waals surface area contributed by atoms with Crippen LogP contribution in [-0.2, 0) is 19.3 Å². The van der Waals surface area contributed by atoms with Gasteiger partial charge in [0.1, 0.15) is 6.79 Å². The summed E-state index contributed by atoms with van der Waals surface area (Å²) in [7, 11) is -4.36. The van der Waals surface area contributed by atoms with Gasteiger partial charge in [0.05, 0.1) is 25.2 Å². The molecule has 0 saturated heterocycles. The fraction of sp³-hybridized carbons (Fsp3) is 0.600. The lowest BCUT2D eigenvalue weighted by molar-refractivity contribution is -0.117. The van der Waals surface area contributed by atoms with Gasteiger partial charge in [0.15, 0.2) is 9.84 Å². The van der Waals surface area contributed by atoms with E-state index in [9.17, 15) is 13.5 Å². The molecule has 0 aliphatic carbocycles. The van der Waals surface area contributed by atoms with E-state index in [4.69, 9.17) is 9.47 Å². The zero-order valence-electron chi connectivity index (χ0n) is 17.5. The molecule has 1 aromatic rings. The second-order valence-corrected chi connectivity index (χ2v) is 15.5. The van der Waals surface area contributed by atoms with Crippen LogP contribution in [0.2, 0.25) is 19.6 Å². The Hall–Kier alpha value is -0.993. The van der Waals surface area contributed by atoms with Crippen molar-refractivity contribution < 1.29 is 23.0 Å². The number of sulfone groups is 1. The van der Waals surface area contributed by atoms with Crippen molar-refractivity contribution >= 4 is 17.9 Å². The summed E-state index contributed by atoms with van der Waals surface area (Å²) in [6.07, 6.45) is 0.345. The number of hydrogen-bond donors (Lipinski definition) is 1. The van der Waals surface area contributed by atoms with Crippen LogP contribution in [0.1, 0.15) is 20.8 Å². The first-order valence-electron chi connectivity index (χ1n) is 9.24. The van der Waals surface area contributed by atoms with Gasteiger partial charge in [-0.15, -0.1) is 0 Å². The van der Waals surface area contributed by atoms with Crippen molar-refractivity contribution in [1.29, 1.82) is 0 Å². The molecule has 0 aliphatic heterocycles. The normalized spacial score (nSPS) is 17.0. The topological polar surface area (TPSA) is 72.8 Å². The lowest BCUT2D eigenvalue weighted by atomic mass is 9.90.